The molecule has 0 radical (unpaired) electrons. The second kappa shape index (κ2) is 14.3. The van der Waals surface area contributed by atoms with Crippen molar-refractivity contribution in [2.75, 3.05) is 6.61 Å². The first kappa shape index (κ1) is 27.4. The summed E-state index contributed by atoms with van der Waals surface area (Å²) in [5.41, 5.74) is 2.69. The van der Waals surface area contributed by atoms with Gasteiger partial charge in [-0.15, -0.1) is 12.6 Å². The quantitative estimate of drug-likeness (QED) is 0.208. The highest BCUT2D eigenvalue weighted by atomic mass is 32.1. The molecule has 1 fully saturated rings. The molecule has 1 heterocycles. The fourth-order valence-electron chi connectivity index (χ4n) is 4.60. The van der Waals surface area contributed by atoms with E-state index in [1.807, 2.05) is 121 Å². The van der Waals surface area contributed by atoms with Crippen LogP contribution in [0.25, 0.3) is 0 Å². The van der Waals surface area contributed by atoms with Gasteiger partial charge in [-0.05, 0) is 28.8 Å². The maximum absolute atomic E-state index is 6.59. The summed E-state index contributed by atoms with van der Waals surface area (Å²) >= 11 is 4.82. The normalized spacial score (nSPS) is 22.8. The Kier molecular flexibility index (Phi) is 10.1. The smallest absolute Gasteiger partial charge is 0.156 e. The molecule has 0 aromatic heterocycles. The zero-order chi connectivity index (χ0) is 26.7. The third-order valence-corrected chi connectivity index (χ3v) is 7.00. The summed E-state index contributed by atoms with van der Waals surface area (Å²) in [6.07, 6.45) is -1.85. The van der Waals surface area contributed by atoms with Gasteiger partial charge in [-0.2, -0.15) is 0 Å². The van der Waals surface area contributed by atoms with E-state index in [9.17, 15) is 0 Å². The monoisotopic (exact) mass is 542 g/mol. The Labute approximate surface area is 236 Å². The van der Waals surface area contributed by atoms with Gasteiger partial charge >= 0.3 is 0 Å². The Hall–Kier alpha value is -3.13. The SMILES string of the molecule is S[C@@H]1O[C@H](COCc2ccccc2)[C@@H](Oc2ccccc2)[C@H](OCc2ccccc2)[C@H]1OCc1ccccc1. The fourth-order valence-corrected chi connectivity index (χ4v) is 5.01. The van der Waals surface area contributed by atoms with Gasteiger partial charge in [0.1, 0.15) is 29.5 Å². The number of hydrogen-bond donors (Lipinski definition) is 1. The molecule has 0 saturated carbocycles. The zero-order valence-electron chi connectivity index (χ0n) is 21.8. The van der Waals surface area contributed by atoms with Crippen LogP contribution in [0.1, 0.15) is 16.7 Å². The first-order valence-corrected chi connectivity index (χ1v) is 13.8. The van der Waals surface area contributed by atoms with Crippen LogP contribution < -0.4 is 4.74 Å². The minimum Gasteiger partial charge on any atom is -0.485 e. The van der Waals surface area contributed by atoms with Crippen LogP contribution in [-0.2, 0) is 38.8 Å². The van der Waals surface area contributed by atoms with Crippen LogP contribution in [0.4, 0.5) is 0 Å². The lowest BCUT2D eigenvalue weighted by Gasteiger charge is -2.44. The number of thiol groups is 1. The van der Waals surface area contributed by atoms with Crippen LogP contribution >= 0.6 is 12.6 Å². The molecule has 202 valence electrons. The summed E-state index contributed by atoms with van der Waals surface area (Å²) < 4.78 is 32.1. The average molecular weight is 543 g/mol. The molecule has 1 aliphatic rings. The van der Waals surface area contributed by atoms with Crippen molar-refractivity contribution in [3.8, 4) is 5.75 Å². The highest BCUT2D eigenvalue weighted by Crippen LogP contribution is 2.32. The van der Waals surface area contributed by atoms with Crippen LogP contribution in [0.15, 0.2) is 121 Å². The van der Waals surface area contributed by atoms with E-state index in [1.165, 1.54) is 0 Å². The highest BCUT2D eigenvalue weighted by Gasteiger charge is 2.48. The van der Waals surface area contributed by atoms with Crippen molar-refractivity contribution >= 4 is 12.6 Å². The first-order valence-electron chi connectivity index (χ1n) is 13.2. The van der Waals surface area contributed by atoms with Crippen molar-refractivity contribution < 1.29 is 23.7 Å². The van der Waals surface area contributed by atoms with E-state index in [-0.39, 0.29) is 0 Å². The Morgan fingerprint density at radius 1 is 0.538 bits per heavy atom. The summed E-state index contributed by atoms with van der Waals surface area (Å²) in [7, 11) is 0. The molecule has 5 rings (SSSR count). The predicted octanol–water partition coefficient (Wildman–Crippen LogP) is 6.48. The topological polar surface area (TPSA) is 46.2 Å². The molecule has 0 aliphatic carbocycles. The predicted molar refractivity (Wildman–Crippen MR) is 155 cm³/mol. The van der Waals surface area contributed by atoms with E-state index < -0.39 is 29.9 Å². The lowest BCUT2D eigenvalue weighted by Crippen LogP contribution is -2.61. The average Bonchev–Trinajstić information content (AvgIpc) is 2.99. The molecule has 4 aromatic rings. The van der Waals surface area contributed by atoms with Crippen molar-refractivity contribution in [2.24, 2.45) is 0 Å². The van der Waals surface area contributed by atoms with Crippen LogP contribution in [0.5, 0.6) is 5.75 Å². The Balaban J connectivity index is 1.38. The molecular weight excluding hydrogens is 508 g/mol. The van der Waals surface area contributed by atoms with E-state index in [4.69, 9.17) is 36.3 Å². The van der Waals surface area contributed by atoms with Gasteiger partial charge in [-0.3, -0.25) is 0 Å². The Morgan fingerprint density at radius 2 is 1.00 bits per heavy atom. The zero-order valence-corrected chi connectivity index (χ0v) is 22.6. The molecule has 0 unspecified atom stereocenters. The summed E-state index contributed by atoms with van der Waals surface area (Å²) in [5.74, 6) is 0.729. The van der Waals surface area contributed by atoms with Gasteiger partial charge in [0.15, 0.2) is 6.10 Å². The van der Waals surface area contributed by atoms with Crippen molar-refractivity contribution in [3.05, 3.63) is 138 Å². The number of rotatable bonds is 12. The minimum atomic E-state index is -0.532. The second-order valence-corrected chi connectivity index (χ2v) is 9.99. The van der Waals surface area contributed by atoms with Crippen LogP contribution in [0.2, 0.25) is 0 Å². The molecule has 0 bridgehead atoms. The van der Waals surface area contributed by atoms with Crippen LogP contribution in [-0.4, -0.2) is 36.5 Å². The third-order valence-electron chi connectivity index (χ3n) is 6.59. The molecule has 5 atom stereocenters. The van der Waals surface area contributed by atoms with Gasteiger partial charge in [0.2, 0.25) is 0 Å². The summed E-state index contributed by atoms with van der Waals surface area (Å²) in [6.45, 7) is 1.60. The maximum atomic E-state index is 6.59. The van der Waals surface area contributed by atoms with Gasteiger partial charge in [0.05, 0.1) is 26.4 Å². The second-order valence-electron chi connectivity index (χ2n) is 9.48. The first-order chi connectivity index (χ1) is 19.3. The van der Waals surface area contributed by atoms with Crippen molar-refractivity contribution in [2.45, 2.75) is 49.7 Å². The van der Waals surface area contributed by atoms with Crippen molar-refractivity contribution in [1.29, 1.82) is 0 Å². The lowest BCUT2D eigenvalue weighted by atomic mass is 9.98. The Morgan fingerprint density at radius 3 is 1.54 bits per heavy atom. The van der Waals surface area contributed by atoms with Gasteiger partial charge in [-0.25, -0.2) is 0 Å². The van der Waals surface area contributed by atoms with Gasteiger partial charge in [0.25, 0.3) is 0 Å². The largest absolute Gasteiger partial charge is 0.485 e. The molecule has 6 heteroatoms. The van der Waals surface area contributed by atoms with Crippen molar-refractivity contribution in [1.82, 2.24) is 0 Å². The maximum Gasteiger partial charge on any atom is 0.156 e. The van der Waals surface area contributed by atoms with E-state index in [1.54, 1.807) is 0 Å². The molecule has 1 aliphatic heterocycles. The molecule has 39 heavy (non-hydrogen) atoms. The molecule has 4 aromatic carbocycles. The molecule has 0 amide bonds. The fraction of sp³-hybridized carbons (Fsp3) is 0.273. The summed E-state index contributed by atoms with van der Waals surface area (Å²) in [6, 6.07) is 40.0. The molecule has 0 N–H and O–H groups in total. The number of para-hydroxylation sites is 1. The van der Waals surface area contributed by atoms with E-state index in [0.29, 0.717) is 26.4 Å². The summed E-state index contributed by atoms with van der Waals surface area (Å²) in [4.78, 5) is 0. The number of benzene rings is 4. The van der Waals surface area contributed by atoms with Crippen LogP contribution in [0, 0.1) is 0 Å². The molecule has 5 nitrogen and oxygen atoms in total. The van der Waals surface area contributed by atoms with Gasteiger partial charge < -0.3 is 23.7 Å². The lowest BCUT2D eigenvalue weighted by molar-refractivity contribution is -0.234. The molecule has 0 spiro atoms. The van der Waals surface area contributed by atoms with Crippen molar-refractivity contribution in [3.63, 3.8) is 0 Å². The highest BCUT2D eigenvalue weighted by molar-refractivity contribution is 7.80. The van der Waals surface area contributed by atoms with Crippen LogP contribution in [0.3, 0.4) is 0 Å². The molecular formula is C33H34O5S. The molecule has 1 saturated heterocycles. The van der Waals surface area contributed by atoms with E-state index in [2.05, 4.69) is 0 Å². The standard InChI is InChI=1S/C33H34O5S/c39-33-32(36-23-27-17-9-3-10-18-27)31(35-22-26-15-7-2-8-16-26)30(37-28-19-11-4-12-20-28)29(38-33)24-34-21-25-13-5-1-6-14-25/h1-20,29-33,39H,21-24H2/t29-,30-,31+,32-,33+/m1/s1. The van der Waals surface area contributed by atoms with Gasteiger partial charge in [-0.1, -0.05) is 109 Å². The number of hydrogen-bond acceptors (Lipinski definition) is 6. The van der Waals surface area contributed by atoms with Gasteiger partial charge in [0, 0.05) is 0 Å². The third kappa shape index (κ3) is 7.94. The summed E-state index contributed by atoms with van der Waals surface area (Å²) in [5, 5.41) is 0. The minimum absolute atomic E-state index is 0.320. The van der Waals surface area contributed by atoms with E-state index >= 15 is 0 Å². The Bertz CT molecular complexity index is 1230. The number of ether oxygens (including phenoxy) is 5. The van der Waals surface area contributed by atoms with E-state index in [0.717, 1.165) is 22.4 Å².